The first-order valence-corrected chi connectivity index (χ1v) is 6.73. The Morgan fingerprint density at radius 3 is 2.87 bits per heavy atom. The topological polar surface area (TPSA) is 18.5 Å². The summed E-state index contributed by atoms with van der Waals surface area (Å²) >= 11 is 5.89. The van der Waals surface area contributed by atoms with Gasteiger partial charge in [-0.15, -0.1) is 11.6 Å². The lowest BCUT2D eigenvalue weighted by Crippen LogP contribution is -2.28. The zero-order chi connectivity index (χ0) is 10.9. The fourth-order valence-electron chi connectivity index (χ4n) is 1.84. The average molecular weight is 235 g/mol. The number of rotatable bonds is 7. The smallest absolute Gasteiger partial charge is 0.158 e. The summed E-state index contributed by atoms with van der Waals surface area (Å²) < 4.78 is 11.4. The van der Waals surface area contributed by atoms with Crippen LogP contribution in [0.15, 0.2) is 0 Å². The third kappa shape index (κ3) is 5.74. The molecule has 0 saturated carbocycles. The lowest BCUT2D eigenvalue weighted by molar-refractivity contribution is -0.184. The van der Waals surface area contributed by atoms with Crippen LogP contribution in [0.2, 0.25) is 0 Å². The molecule has 0 spiro atoms. The zero-order valence-electron chi connectivity index (χ0n) is 9.71. The van der Waals surface area contributed by atoms with Crippen molar-refractivity contribution in [3.63, 3.8) is 0 Å². The van der Waals surface area contributed by atoms with Crippen LogP contribution in [-0.2, 0) is 9.47 Å². The van der Waals surface area contributed by atoms with Gasteiger partial charge >= 0.3 is 0 Å². The summed E-state index contributed by atoms with van der Waals surface area (Å²) in [4.78, 5) is 0. The molecule has 1 heterocycles. The maximum atomic E-state index is 5.89. The fourth-order valence-corrected chi connectivity index (χ4v) is 2.06. The molecule has 0 aromatic heterocycles. The van der Waals surface area contributed by atoms with E-state index in [0.717, 1.165) is 19.4 Å². The molecule has 90 valence electrons. The Kier molecular flexibility index (Phi) is 7.41. The minimum Gasteiger partial charge on any atom is -0.353 e. The summed E-state index contributed by atoms with van der Waals surface area (Å²) in [6, 6.07) is 0. The lowest BCUT2D eigenvalue weighted by Gasteiger charge is -2.26. The number of hydrogen-bond acceptors (Lipinski definition) is 2. The van der Waals surface area contributed by atoms with Crippen molar-refractivity contribution in [2.75, 3.05) is 12.5 Å². The van der Waals surface area contributed by atoms with Gasteiger partial charge in [-0.25, -0.2) is 0 Å². The Bertz CT molecular complexity index is 147. The van der Waals surface area contributed by atoms with Gasteiger partial charge in [-0.05, 0) is 25.7 Å². The standard InChI is InChI=1S/C12H23ClO2/c1-2-3-4-7-11(10-13)15-12-8-5-6-9-14-12/h11-12H,2-10H2,1H3. The van der Waals surface area contributed by atoms with E-state index >= 15 is 0 Å². The van der Waals surface area contributed by atoms with E-state index in [2.05, 4.69) is 6.92 Å². The number of unbranched alkanes of at least 4 members (excludes halogenated alkanes) is 2. The third-order valence-electron chi connectivity index (χ3n) is 2.78. The molecule has 0 amide bonds. The molecule has 0 aliphatic carbocycles. The molecule has 1 saturated heterocycles. The SMILES string of the molecule is CCCCCC(CCl)OC1CCCCO1. The summed E-state index contributed by atoms with van der Waals surface area (Å²) in [5, 5.41) is 0. The van der Waals surface area contributed by atoms with Crippen molar-refractivity contribution in [2.24, 2.45) is 0 Å². The average Bonchev–Trinajstić information content (AvgIpc) is 2.29. The van der Waals surface area contributed by atoms with Crippen LogP contribution in [0, 0.1) is 0 Å². The first-order valence-electron chi connectivity index (χ1n) is 6.19. The van der Waals surface area contributed by atoms with Gasteiger partial charge in [-0.3, -0.25) is 0 Å². The van der Waals surface area contributed by atoms with Crippen LogP contribution in [0.4, 0.5) is 0 Å². The van der Waals surface area contributed by atoms with E-state index in [1.165, 1.54) is 32.1 Å². The number of hydrogen-bond donors (Lipinski definition) is 0. The molecule has 0 bridgehead atoms. The van der Waals surface area contributed by atoms with Gasteiger partial charge in [0.2, 0.25) is 0 Å². The normalized spacial score (nSPS) is 24.0. The highest BCUT2D eigenvalue weighted by atomic mass is 35.5. The summed E-state index contributed by atoms with van der Waals surface area (Å²) in [7, 11) is 0. The molecule has 1 aliphatic heterocycles. The minimum absolute atomic E-state index is 0.00382. The third-order valence-corrected chi connectivity index (χ3v) is 3.13. The number of halogens is 1. The van der Waals surface area contributed by atoms with Gasteiger partial charge in [0.15, 0.2) is 6.29 Å². The number of alkyl halides is 1. The first kappa shape index (κ1) is 13.3. The van der Waals surface area contributed by atoms with Crippen molar-refractivity contribution < 1.29 is 9.47 Å². The number of ether oxygens (including phenoxy) is 2. The van der Waals surface area contributed by atoms with E-state index in [-0.39, 0.29) is 12.4 Å². The molecule has 2 atom stereocenters. The summed E-state index contributed by atoms with van der Waals surface area (Å²) in [6.45, 7) is 3.05. The molecule has 2 nitrogen and oxygen atoms in total. The van der Waals surface area contributed by atoms with E-state index in [1.54, 1.807) is 0 Å². The summed E-state index contributed by atoms with van der Waals surface area (Å²) in [5.41, 5.74) is 0. The van der Waals surface area contributed by atoms with E-state index in [0.29, 0.717) is 5.88 Å². The Labute approximate surface area is 98.3 Å². The van der Waals surface area contributed by atoms with Crippen molar-refractivity contribution in [1.82, 2.24) is 0 Å². The van der Waals surface area contributed by atoms with Crippen molar-refractivity contribution in [1.29, 1.82) is 0 Å². The quantitative estimate of drug-likeness (QED) is 0.494. The maximum absolute atomic E-state index is 5.89. The molecule has 1 fully saturated rings. The van der Waals surface area contributed by atoms with Crippen LogP contribution >= 0.6 is 11.6 Å². The Morgan fingerprint density at radius 1 is 1.40 bits per heavy atom. The first-order chi connectivity index (χ1) is 7.36. The summed E-state index contributed by atoms with van der Waals surface area (Å²) in [5.74, 6) is 0.587. The molecular weight excluding hydrogens is 212 g/mol. The van der Waals surface area contributed by atoms with E-state index < -0.39 is 0 Å². The molecule has 1 aliphatic rings. The highest BCUT2D eigenvalue weighted by molar-refractivity contribution is 6.18. The highest BCUT2D eigenvalue weighted by Crippen LogP contribution is 2.18. The van der Waals surface area contributed by atoms with Gasteiger partial charge in [-0.2, -0.15) is 0 Å². The largest absolute Gasteiger partial charge is 0.353 e. The van der Waals surface area contributed by atoms with Crippen LogP contribution in [0.3, 0.4) is 0 Å². The van der Waals surface area contributed by atoms with Crippen molar-refractivity contribution in [2.45, 2.75) is 64.3 Å². The molecular formula is C12H23ClO2. The molecule has 0 N–H and O–H groups in total. The minimum atomic E-state index is 0.00382. The van der Waals surface area contributed by atoms with Crippen LogP contribution in [0.5, 0.6) is 0 Å². The van der Waals surface area contributed by atoms with Gasteiger partial charge < -0.3 is 9.47 Å². The second-order valence-corrected chi connectivity index (χ2v) is 4.51. The van der Waals surface area contributed by atoms with E-state index in [4.69, 9.17) is 21.1 Å². The Hall–Kier alpha value is 0.210. The second kappa shape index (κ2) is 8.37. The Morgan fingerprint density at radius 2 is 2.27 bits per heavy atom. The second-order valence-electron chi connectivity index (χ2n) is 4.20. The molecule has 2 unspecified atom stereocenters. The van der Waals surface area contributed by atoms with Gasteiger partial charge in [0.25, 0.3) is 0 Å². The lowest BCUT2D eigenvalue weighted by atomic mass is 10.1. The van der Waals surface area contributed by atoms with Crippen molar-refractivity contribution >= 4 is 11.6 Å². The van der Waals surface area contributed by atoms with Crippen molar-refractivity contribution in [3.8, 4) is 0 Å². The predicted molar refractivity (Wildman–Crippen MR) is 63.3 cm³/mol. The van der Waals surface area contributed by atoms with Crippen LogP contribution in [-0.4, -0.2) is 24.9 Å². The monoisotopic (exact) mass is 234 g/mol. The molecule has 0 aromatic carbocycles. The molecule has 1 rings (SSSR count). The van der Waals surface area contributed by atoms with E-state index in [9.17, 15) is 0 Å². The zero-order valence-corrected chi connectivity index (χ0v) is 10.5. The van der Waals surface area contributed by atoms with Crippen LogP contribution < -0.4 is 0 Å². The molecule has 0 radical (unpaired) electrons. The maximum Gasteiger partial charge on any atom is 0.158 e. The fraction of sp³-hybridized carbons (Fsp3) is 1.00. The van der Waals surface area contributed by atoms with Crippen molar-refractivity contribution in [3.05, 3.63) is 0 Å². The van der Waals surface area contributed by atoms with Gasteiger partial charge in [0.1, 0.15) is 0 Å². The van der Waals surface area contributed by atoms with Gasteiger partial charge in [0.05, 0.1) is 6.10 Å². The Balaban J connectivity index is 2.13. The molecule has 0 aromatic rings. The van der Waals surface area contributed by atoms with Gasteiger partial charge in [0, 0.05) is 12.5 Å². The molecule has 3 heteroatoms. The van der Waals surface area contributed by atoms with Crippen LogP contribution in [0.1, 0.15) is 51.9 Å². The van der Waals surface area contributed by atoms with Crippen LogP contribution in [0.25, 0.3) is 0 Å². The predicted octanol–water partition coefficient (Wildman–Crippen LogP) is 3.72. The van der Waals surface area contributed by atoms with E-state index in [1.807, 2.05) is 0 Å². The highest BCUT2D eigenvalue weighted by Gasteiger charge is 2.18. The summed E-state index contributed by atoms with van der Waals surface area (Å²) in [6.07, 6.45) is 8.39. The molecule has 15 heavy (non-hydrogen) atoms. The van der Waals surface area contributed by atoms with Gasteiger partial charge in [-0.1, -0.05) is 26.2 Å².